The molecule has 0 spiro atoms. The van der Waals surface area contributed by atoms with E-state index in [0.29, 0.717) is 68.4 Å². The van der Waals surface area contributed by atoms with Crippen LogP contribution in [0.25, 0.3) is 11.5 Å². The topological polar surface area (TPSA) is 111 Å². The molecule has 1 amide bonds. The number of nitrogens with zero attached hydrogens (tertiary/aromatic N) is 8. The average Bonchev–Trinajstić information content (AvgIpc) is 3.42. The lowest BCUT2D eigenvalue weighted by atomic mass is 10.1. The lowest BCUT2D eigenvalue weighted by Crippen LogP contribution is -2.48. The molecule has 1 aromatic carbocycles. The van der Waals surface area contributed by atoms with Crippen LogP contribution in [0.15, 0.2) is 30.3 Å². The molecule has 3 aromatic heterocycles. The van der Waals surface area contributed by atoms with E-state index in [2.05, 4.69) is 30.0 Å². The number of fused-ring (bicyclic) bond motifs is 1. The van der Waals surface area contributed by atoms with Gasteiger partial charge in [0.2, 0.25) is 5.91 Å². The summed E-state index contributed by atoms with van der Waals surface area (Å²) in [5.41, 5.74) is 4.06. The number of halogens is 1. The third kappa shape index (κ3) is 5.12. The lowest BCUT2D eigenvalue weighted by molar-refractivity contribution is -0.133. The molecule has 1 aliphatic rings. The van der Waals surface area contributed by atoms with Gasteiger partial charge in [0.25, 0.3) is 6.47 Å². The fourth-order valence-corrected chi connectivity index (χ4v) is 4.83. The van der Waals surface area contributed by atoms with Crippen molar-refractivity contribution in [1.82, 2.24) is 39.4 Å². The van der Waals surface area contributed by atoms with Crippen molar-refractivity contribution in [3.63, 3.8) is 0 Å². The Morgan fingerprint density at radius 1 is 1.05 bits per heavy atom. The summed E-state index contributed by atoms with van der Waals surface area (Å²) < 4.78 is 22.5. The van der Waals surface area contributed by atoms with E-state index in [1.807, 2.05) is 37.8 Å². The Labute approximate surface area is 218 Å². The number of hydrogen-bond acceptors (Lipinski definition) is 8. The number of amides is 1. The largest absolute Gasteiger partial charge is 0.429 e. The summed E-state index contributed by atoms with van der Waals surface area (Å²) in [5, 5.41) is 17.4. The van der Waals surface area contributed by atoms with Crippen LogP contribution in [-0.4, -0.2) is 78.0 Å². The molecular weight excluding hydrogens is 491 g/mol. The summed E-state index contributed by atoms with van der Waals surface area (Å²) in [6.07, 6.45) is 0.974. The van der Waals surface area contributed by atoms with Gasteiger partial charge in [0.15, 0.2) is 17.3 Å². The first-order valence-electron chi connectivity index (χ1n) is 12.5. The number of aryl methyl sites for hydroxylation is 2. The first-order valence-corrected chi connectivity index (χ1v) is 12.5. The van der Waals surface area contributed by atoms with Gasteiger partial charge in [0.05, 0.1) is 5.69 Å². The van der Waals surface area contributed by atoms with Gasteiger partial charge in [-0.05, 0) is 51.0 Å². The summed E-state index contributed by atoms with van der Waals surface area (Å²) in [7, 11) is 0. The molecule has 38 heavy (non-hydrogen) atoms. The monoisotopic (exact) mass is 520 g/mol. The molecule has 1 fully saturated rings. The Kier molecular flexibility index (Phi) is 7.14. The Hall–Kier alpha value is -4.19. The van der Waals surface area contributed by atoms with Crippen LogP contribution in [0.5, 0.6) is 5.75 Å². The van der Waals surface area contributed by atoms with Crippen molar-refractivity contribution in [3.8, 4) is 11.6 Å². The summed E-state index contributed by atoms with van der Waals surface area (Å²) in [6.45, 7) is 8.98. The maximum atomic E-state index is 14.3. The number of benzene rings is 1. The highest BCUT2D eigenvalue weighted by molar-refractivity contribution is 5.76. The molecule has 0 radical (unpaired) electrons. The average molecular weight is 521 g/mol. The van der Waals surface area contributed by atoms with E-state index < -0.39 is 5.82 Å². The summed E-state index contributed by atoms with van der Waals surface area (Å²) >= 11 is 0. The fourth-order valence-electron chi connectivity index (χ4n) is 4.83. The van der Waals surface area contributed by atoms with Crippen LogP contribution in [0.3, 0.4) is 0 Å². The van der Waals surface area contributed by atoms with Gasteiger partial charge in [-0.15, -0.1) is 15.3 Å². The first-order chi connectivity index (χ1) is 18.3. The Balaban J connectivity index is 1.17. The van der Waals surface area contributed by atoms with Crippen LogP contribution < -0.4 is 4.74 Å². The molecule has 0 aliphatic carbocycles. The van der Waals surface area contributed by atoms with Gasteiger partial charge in [-0.2, -0.15) is 9.61 Å². The smallest absolute Gasteiger partial charge is 0.298 e. The molecule has 11 nitrogen and oxygen atoms in total. The molecule has 0 atom stereocenters. The van der Waals surface area contributed by atoms with E-state index >= 15 is 0 Å². The summed E-state index contributed by atoms with van der Waals surface area (Å²) in [5.74, 6) is 1.22. The minimum Gasteiger partial charge on any atom is -0.429 e. The number of piperazine rings is 1. The molecular formula is C26H29FN8O3. The fraction of sp³-hybridized carbons (Fsp3) is 0.385. The van der Waals surface area contributed by atoms with Crippen LogP contribution in [0, 0.1) is 26.6 Å². The van der Waals surface area contributed by atoms with Gasteiger partial charge < -0.3 is 9.64 Å². The SMILES string of the molecule is Cc1nn(-c2ccc3nnc(C)n3n2)c(C)c1CCC(=O)N1CCN(Cc2ccc(OC=O)cc2F)CC1. The second-order valence-electron chi connectivity index (χ2n) is 9.39. The van der Waals surface area contributed by atoms with Crippen LogP contribution >= 0.6 is 0 Å². The maximum absolute atomic E-state index is 14.3. The number of rotatable bonds is 8. The van der Waals surface area contributed by atoms with E-state index in [0.717, 1.165) is 17.0 Å². The predicted molar refractivity (Wildman–Crippen MR) is 135 cm³/mol. The maximum Gasteiger partial charge on any atom is 0.298 e. The van der Waals surface area contributed by atoms with Crippen LogP contribution in [0.4, 0.5) is 4.39 Å². The van der Waals surface area contributed by atoms with Gasteiger partial charge in [-0.3, -0.25) is 14.5 Å². The van der Waals surface area contributed by atoms with Crippen molar-refractivity contribution in [3.05, 3.63) is 64.5 Å². The van der Waals surface area contributed by atoms with Crippen molar-refractivity contribution in [2.24, 2.45) is 0 Å². The zero-order valence-corrected chi connectivity index (χ0v) is 21.6. The molecule has 0 unspecified atom stereocenters. The van der Waals surface area contributed by atoms with E-state index in [9.17, 15) is 14.0 Å². The molecule has 0 bridgehead atoms. The van der Waals surface area contributed by atoms with E-state index in [4.69, 9.17) is 0 Å². The number of carbonyl (C=O) groups excluding carboxylic acids is 2. The first kappa shape index (κ1) is 25.5. The molecule has 0 saturated carbocycles. The summed E-state index contributed by atoms with van der Waals surface area (Å²) in [4.78, 5) is 27.4. The predicted octanol–water partition coefficient (Wildman–Crippen LogP) is 2.19. The van der Waals surface area contributed by atoms with Crippen molar-refractivity contribution >= 4 is 18.0 Å². The Morgan fingerprint density at radius 2 is 1.84 bits per heavy atom. The number of hydrogen-bond donors (Lipinski definition) is 0. The quantitative estimate of drug-likeness (QED) is 0.325. The van der Waals surface area contributed by atoms with Gasteiger partial charge in [0, 0.05) is 56.5 Å². The van der Waals surface area contributed by atoms with Crippen LogP contribution in [0.2, 0.25) is 0 Å². The van der Waals surface area contributed by atoms with E-state index in [-0.39, 0.29) is 18.1 Å². The highest BCUT2D eigenvalue weighted by Crippen LogP contribution is 2.21. The highest BCUT2D eigenvalue weighted by atomic mass is 19.1. The number of aromatic nitrogens is 6. The molecule has 1 saturated heterocycles. The number of ether oxygens (including phenoxy) is 1. The Bertz CT molecular complexity index is 1490. The molecule has 5 rings (SSSR count). The van der Waals surface area contributed by atoms with Crippen molar-refractivity contribution in [2.75, 3.05) is 26.2 Å². The third-order valence-corrected chi connectivity index (χ3v) is 6.98. The van der Waals surface area contributed by atoms with Gasteiger partial charge in [-0.25, -0.2) is 9.07 Å². The normalized spacial score (nSPS) is 14.3. The zero-order valence-electron chi connectivity index (χ0n) is 21.6. The molecule has 0 N–H and O–H groups in total. The highest BCUT2D eigenvalue weighted by Gasteiger charge is 2.23. The van der Waals surface area contributed by atoms with Gasteiger partial charge in [0.1, 0.15) is 11.6 Å². The van der Waals surface area contributed by atoms with E-state index in [1.165, 1.54) is 6.07 Å². The molecule has 12 heteroatoms. The second kappa shape index (κ2) is 10.7. The lowest BCUT2D eigenvalue weighted by Gasteiger charge is -2.35. The van der Waals surface area contributed by atoms with Crippen molar-refractivity contribution in [2.45, 2.75) is 40.2 Å². The van der Waals surface area contributed by atoms with E-state index in [1.54, 1.807) is 21.3 Å². The molecule has 4 aromatic rings. The molecule has 4 heterocycles. The molecule has 198 valence electrons. The third-order valence-electron chi connectivity index (χ3n) is 6.98. The molecule has 1 aliphatic heterocycles. The van der Waals surface area contributed by atoms with Crippen LogP contribution in [0.1, 0.15) is 34.8 Å². The standard InChI is InChI=1S/C26H29FN8O3/c1-17-22(18(2)34(30-17)25-8-7-24-29-28-19(3)35(24)31-25)6-9-26(37)33-12-10-32(11-13-33)15-20-4-5-21(38-16-36)14-23(20)27/h4-5,7-8,14,16H,6,9-13,15H2,1-3H3. The minimum atomic E-state index is -0.416. The van der Waals surface area contributed by atoms with Crippen molar-refractivity contribution in [1.29, 1.82) is 0 Å². The summed E-state index contributed by atoms with van der Waals surface area (Å²) in [6, 6.07) is 8.12. The number of carbonyl (C=O) groups is 2. The Morgan fingerprint density at radius 3 is 2.58 bits per heavy atom. The van der Waals surface area contributed by atoms with Crippen molar-refractivity contribution < 1.29 is 18.7 Å². The second-order valence-corrected chi connectivity index (χ2v) is 9.39. The zero-order chi connectivity index (χ0) is 26.8. The van der Waals surface area contributed by atoms with Gasteiger partial charge in [-0.1, -0.05) is 6.07 Å². The minimum absolute atomic E-state index is 0.0948. The van der Waals surface area contributed by atoms with Crippen LogP contribution in [-0.2, 0) is 22.6 Å². The van der Waals surface area contributed by atoms with Gasteiger partial charge >= 0.3 is 0 Å².